The highest BCUT2D eigenvalue weighted by molar-refractivity contribution is 5.91. The summed E-state index contributed by atoms with van der Waals surface area (Å²) in [5.74, 6) is 0.874. The minimum atomic E-state index is 0.0652. The van der Waals surface area contributed by atoms with Gasteiger partial charge in [0.05, 0.1) is 29.9 Å². The van der Waals surface area contributed by atoms with E-state index in [1.54, 1.807) is 6.33 Å². The van der Waals surface area contributed by atoms with Crippen molar-refractivity contribution < 1.29 is 4.79 Å². The topological polar surface area (TPSA) is 75.9 Å². The standard InChI is InChI=1S/C19H20N6O/c26-17-11-24(16-9-5-4-8-15(16)23-17)18-14-10-22-25(19(14)21-12-20-18)13-6-2-1-3-7-13/h1-3,6-7,10,12,15-16H,4-5,8-9,11H2,(H,23,26)/t15-,16-/m0/s1. The third kappa shape index (κ3) is 2.42. The van der Waals surface area contributed by atoms with Crippen LogP contribution < -0.4 is 10.2 Å². The molecule has 132 valence electrons. The van der Waals surface area contributed by atoms with Gasteiger partial charge >= 0.3 is 0 Å². The Balaban J connectivity index is 1.61. The van der Waals surface area contributed by atoms with Crippen LogP contribution >= 0.6 is 0 Å². The van der Waals surface area contributed by atoms with E-state index in [0.29, 0.717) is 12.6 Å². The van der Waals surface area contributed by atoms with Crippen LogP contribution in [0.1, 0.15) is 25.7 Å². The molecule has 1 aliphatic heterocycles. The van der Waals surface area contributed by atoms with Crippen LogP contribution in [0, 0.1) is 0 Å². The Labute approximate surface area is 151 Å². The summed E-state index contributed by atoms with van der Waals surface area (Å²) >= 11 is 0. The minimum Gasteiger partial charge on any atom is -0.350 e. The number of rotatable bonds is 2. The number of benzene rings is 1. The summed E-state index contributed by atoms with van der Waals surface area (Å²) in [6, 6.07) is 10.4. The van der Waals surface area contributed by atoms with Gasteiger partial charge in [0.15, 0.2) is 5.65 Å². The maximum absolute atomic E-state index is 12.2. The highest BCUT2D eigenvalue weighted by Crippen LogP contribution is 2.32. The van der Waals surface area contributed by atoms with Crippen LogP contribution in [0.2, 0.25) is 0 Å². The average molecular weight is 348 g/mol. The number of para-hydroxylation sites is 1. The number of carbonyl (C=O) groups is 1. The number of hydrogen-bond acceptors (Lipinski definition) is 5. The van der Waals surface area contributed by atoms with Gasteiger partial charge in [-0.1, -0.05) is 31.0 Å². The van der Waals surface area contributed by atoms with Crippen LogP contribution in [-0.4, -0.2) is 44.3 Å². The predicted molar refractivity (Wildman–Crippen MR) is 98.2 cm³/mol. The Morgan fingerprint density at radius 2 is 1.92 bits per heavy atom. The molecule has 3 aromatic rings. The maximum atomic E-state index is 12.2. The van der Waals surface area contributed by atoms with E-state index >= 15 is 0 Å². The molecule has 26 heavy (non-hydrogen) atoms. The van der Waals surface area contributed by atoms with Gasteiger partial charge in [0.1, 0.15) is 12.1 Å². The number of anilines is 1. The Morgan fingerprint density at radius 1 is 1.08 bits per heavy atom. The van der Waals surface area contributed by atoms with Crippen LogP contribution in [0.5, 0.6) is 0 Å². The number of carbonyl (C=O) groups excluding carboxylic acids is 1. The van der Waals surface area contributed by atoms with Gasteiger partial charge in [-0.3, -0.25) is 4.79 Å². The Morgan fingerprint density at radius 3 is 2.81 bits per heavy atom. The molecule has 1 saturated carbocycles. The first-order valence-electron chi connectivity index (χ1n) is 9.11. The number of hydrogen-bond donors (Lipinski definition) is 1. The van der Waals surface area contributed by atoms with E-state index in [0.717, 1.165) is 35.4 Å². The van der Waals surface area contributed by atoms with Crippen molar-refractivity contribution in [2.24, 2.45) is 0 Å². The summed E-state index contributed by atoms with van der Waals surface area (Å²) in [6.07, 6.45) is 7.84. The van der Waals surface area contributed by atoms with Crippen molar-refractivity contribution in [1.82, 2.24) is 25.1 Å². The lowest BCUT2D eigenvalue weighted by molar-refractivity contribution is -0.122. The Kier molecular flexibility index (Phi) is 3.58. The van der Waals surface area contributed by atoms with Gasteiger partial charge in [-0.25, -0.2) is 14.6 Å². The van der Waals surface area contributed by atoms with Crippen molar-refractivity contribution in [2.75, 3.05) is 11.4 Å². The summed E-state index contributed by atoms with van der Waals surface area (Å²) < 4.78 is 1.82. The van der Waals surface area contributed by atoms with Crippen molar-refractivity contribution >= 4 is 22.8 Å². The third-order valence-corrected chi connectivity index (χ3v) is 5.41. The lowest BCUT2D eigenvalue weighted by atomic mass is 9.87. The van der Waals surface area contributed by atoms with Crippen LogP contribution in [0.4, 0.5) is 5.82 Å². The van der Waals surface area contributed by atoms with Gasteiger partial charge in [-0.15, -0.1) is 0 Å². The van der Waals surface area contributed by atoms with Gasteiger partial charge in [0.25, 0.3) is 0 Å². The molecule has 1 aromatic carbocycles. The molecular formula is C19H20N6O. The second kappa shape index (κ2) is 6.09. The maximum Gasteiger partial charge on any atom is 0.239 e. The Bertz CT molecular complexity index is 953. The normalized spacial score (nSPS) is 22.9. The lowest BCUT2D eigenvalue weighted by Gasteiger charge is -2.44. The van der Waals surface area contributed by atoms with Crippen molar-refractivity contribution in [3.05, 3.63) is 42.9 Å². The molecule has 2 atom stereocenters. The number of nitrogens with one attached hydrogen (secondary N) is 1. The number of aromatic nitrogens is 4. The molecule has 0 bridgehead atoms. The number of amides is 1. The second-order valence-corrected chi connectivity index (χ2v) is 6.98. The van der Waals surface area contributed by atoms with E-state index in [-0.39, 0.29) is 11.9 Å². The van der Waals surface area contributed by atoms with Gasteiger partial charge in [0, 0.05) is 6.04 Å². The predicted octanol–water partition coefficient (Wildman–Crippen LogP) is 2.06. The largest absolute Gasteiger partial charge is 0.350 e. The molecule has 2 fully saturated rings. The summed E-state index contributed by atoms with van der Waals surface area (Å²) in [7, 11) is 0. The molecule has 7 heteroatoms. The molecule has 2 aliphatic rings. The number of nitrogens with zero attached hydrogens (tertiary/aromatic N) is 5. The quantitative estimate of drug-likeness (QED) is 0.767. The first kappa shape index (κ1) is 15.3. The molecular weight excluding hydrogens is 328 g/mol. The first-order chi connectivity index (χ1) is 12.8. The van der Waals surface area contributed by atoms with E-state index < -0.39 is 0 Å². The van der Waals surface area contributed by atoms with E-state index in [2.05, 4.69) is 25.3 Å². The van der Waals surface area contributed by atoms with Crippen molar-refractivity contribution in [3.8, 4) is 5.69 Å². The highest BCUT2D eigenvalue weighted by atomic mass is 16.2. The molecule has 0 unspecified atom stereocenters. The zero-order valence-electron chi connectivity index (χ0n) is 14.4. The van der Waals surface area contributed by atoms with Gasteiger partial charge in [0.2, 0.25) is 5.91 Å². The van der Waals surface area contributed by atoms with Crippen LogP contribution in [-0.2, 0) is 4.79 Å². The molecule has 0 radical (unpaired) electrons. The summed E-state index contributed by atoms with van der Waals surface area (Å²) in [4.78, 5) is 23.4. The SMILES string of the molecule is O=C1CN(c2ncnc3c2cnn3-c2ccccc2)[C@H]2CCCC[C@@H]2N1. The van der Waals surface area contributed by atoms with Crippen LogP contribution in [0.3, 0.4) is 0 Å². The minimum absolute atomic E-state index is 0.0652. The monoisotopic (exact) mass is 348 g/mol. The highest BCUT2D eigenvalue weighted by Gasteiger charge is 2.37. The second-order valence-electron chi connectivity index (χ2n) is 6.98. The van der Waals surface area contributed by atoms with E-state index in [1.165, 1.54) is 12.8 Å². The average Bonchev–Trinajstić information content (AvgIpc) is 3.12. The van der Waals surface area contributed by atoms with Crippen LogP contribution in [0.15, 0.2) is 42.9 Å². The summed E-state index contributed by atoms with van der Waals surface area (Å²) in [5, 5.41) is 8.57. The molecule has 0 spiro atoms. The molecule has 1 N–H and O–H groups in total. The molecule has 5 rings (SSSR count). The molecule has 1 aliphatic carbocycles. The van der Waals surface area contributed by atoms with Gasteiger partial charge in [-0.05, 0) is 25.0 Å². The molecule has 3 heterocycles. The van der Waals surface area contributed by atoms with Gasteiger partial charge < -0.3 is 10.2 Å². The van der Waals surface area contributed by atoms with E-state index in [9.17, 15) is 4.79 Å². The molecule has 2 aromatic heterocycles. The first-order valence-corrected chi connectivity index (χ1v) is 9.11. The molecule has 1 amide bonds. The van der Waals surface area contributed by atoms with E-state index in [4.69, 9.17) is 0 Å². The van der Waals surface area contributed by atoms with E-state index in [1.807, 2.05) is 41.2 Å². The number of piperazine rings is 1. The van der Waals surface area contributed by atoms with Crippen molar-refractivity contribution in [2.45, 2.75) is 37.8 Å². The fourth-order valence-electron chi connectivity index (χ4n) is 4.23. The van der Waals surface area contributed by atoms with Crippen molar-refractivity contribution in [1.29, 1.82) is 0 Å². The summed E-state index contributed by atoms with van der Waals surface area (Å²) in [6.45, 7) is 0.337. The molecule has 7 nitrogen and oxygen atoms in total. The Hall–Kier alpha value is -2.96. The zero-order valence-corrected chi connectivity index (χ0v) is 14.4. The fourth-order valence-corrected chi connectivity index (χ4v) is 4.23. The molecule has 1 saturated heterocycles. The summed E-state index contributed by atoms with van der Waals surface area (Å²) in [5.41, 5.74) is 1.72. The smallest absolute Gasteiger partial charge is 0.239 e. The zero-order chi connectivity index (χ0) is 17.5. The van der Waals surface area contributed by atoms with Crippen LogP contribution in [0.25, 0.3) is 16.7 Å². The third-order valence-electron chi connectivity index (χ3n) is 5.41. The fraction of sp³-hybridized carbons (Fsp3) is 0.368. The van der Waals surface area contributed by atoms with Gasteiger partial charge in [-0.2, -0.15) is 5.10 Å². The lowest BCUT2D eigenvalue weighted by Crippen LogP contribution is -2.62. The number of fused-ring (bicyclic) bond motifs is 2. The van der Waals surface area contributed by atoms with Crippen molar-refractivity contribution in [3.63, 3.8) is 0 Å².